The van der Waals surface area contributed by atoms with Gasteiger partial charge in [-0.2, -0.15) is 8.42 Å². The fourth-order valence-corrected chi connectivity index (χ4v) is 5.55. The first-order chi connectivity index (χ1) is 17.4. The van der Waals surface area contributed by atoms with Crippen LogP contribution in [0.25, 0.3) is 11.3 Å². The summed E-state index contributed by atoms with van der Waals surface area (Å²) >= 11 is 0. The second-order valence-electron chi connectivity index (χ2n) is 10.2. The Balaban J connectivity index is 0.00000400. The van der Waals surface area contributed by atoms with E-state index >= 15 is 0 Å². The molecule has 0 aromatic carbocycles. The number of aromatic nitrogens is 3. The Kier molecular flexibility index (Phi) is 7.09. The van der Waals surface area contributed by atoms with Crippen molar-refractivity contribution in [3.8, 4) is 17.1 Å². The van der Waals surface area contributed by atoms with Crippen molar-refractivity contribution in [2.45, 2.75) is 57.7 Å². The van der Waals surface area contributed by atoms with Gasteiger partial charge in [-0.3, -0.25) is 4.79 Å². The number of hydrogen-bond donors (Lipinski definition) is 2. The van der Waals surface area contributed by atoms with Crippen LogP contribution in [0.15, 0.2) is 53.7 Å². The molecule has 0 aliphatic carbocycles. The highest BCUT2D eigenvalue weighted by Crippen LogP contribution is 2.38. The third kappa shape index (κ3) is 5.82. The summed E-state index contributed by atoms with van der Waals surface area (Å²) in [5.74, 6) is 0.513. The van der Waals surface area contributed by atoms with Gasteiger partial charge in [-0.25, -0.2) is 19.7 Å². The molecule has 11 heteroatoms. The fraction of sp³-hybridized carbons (Fsp3) is 0.385. The van der Waals surface area contributed by atoms with E-state index in [-0.39, 0.29) is 29.5 Å². The number of amides is 1. The summed E-state index contributed by atoms with van der Waals surface area (Å²) in [7, 11) is -4.25. The molecule has 3 aromatic rings. The number of carbonyl (C=O) groups excluding carboxylic acids is 1. The molecule has 1 amide bonds. The van der Waals surface area contributed by atoms with Crippen molar-refractivity contribution in [3.05, 3.63) is 54.2 Å². The van der Waals surface area contributed by atoms with Crippen LogP contribution in [-0.4, -0.2) is 47.5 Å². The van der Waals surface area contributed by atoms with E-state index in [0.29, 0.717) is 29.9 Å². The normalized spacial score (nSPS) is 17.1. The van der Waals surface area contributed by atoms with E-state index in [2.05, 4.69) is 40.4 Å². The van der Waals surface area contributed by atoms with Crippen molar-refractivity contribution in [2.24, 2.45) is 5.92 Å². The maximum absolute atomic E-state index is 13.3. The first-order valence-electron chi connectivity index (χ1n) is 12.1. The lowest BCUT2D eigenvalue weighted by Gasteiger charge is -2.34. The summed E-state index contributed by atoms with van der Waals surface area (Å²) < 4.78 is 33.5. The van der Waals surface area contributed by atoms with E-state index < -0.39 is 15.9 Å². The SMILES string of the molecule is CC1CN(c2nc(-c3ccc(OC(C)C)nc3)ccc2C(=O)NS(=O)(=O)c2cccc(N)n2)C(C)(C)C1.[HH]. The molecule has 37 heavy (non-hydrogen) atoms. The molecular weight excluding hydrogens is 492 g/mol. The van der Waals surface area contributed by atoms with E-state index in [1.807, 2.05) is 19.9 Å². The predicted octanol–water partition coefficient (Wildman–Crippen LogP) is 3.90. The molecule has 1 unspecified atom stereocenters. The van der Waals surface area contributed by atoms with Gasteiger partial charge in [-0.05, 0) is 70.4 Å². The van der Waals surface area contributed by atoms with Crippen LogP contribution in [0.1, 0.15) is 52.8 Å². The number of hydrogen-bond acceptors (Lipinski definition) is 9. The van der Waals surface area contributed by atoms with Crippen molar-refractivity contribution in [1.82, 2.24) is 19.7 Å². The number of ether oxygens (including phenoxy) is 1. The van der Waals surface area contributed by atoms with Gasteiger partial charge in [-0.1, -0.05) is 13.0 Å². The van der Waals surface area contributed by atoms with Crippen LogP contribution < -0.4 is 20.1 Å². The van der Waals surface area contributed by atoms with E-state index in [9.17, 15) is 13.2 Å². The molecule has 10 nitrogen and oxygen atoms in total. The largest absolute Gasteiger partial charge is 0.475 e. The lowest BCUT2D eigenvalue weighted by molar-refractivity contribution is 0.0981. The van der Waals surface area contributed by atoms with Crippen LogP contribution in [0.5, 0.6) is 5.88 Å². The Bertz CT molecular complexity index is 1410. The van der Waals surface area contributed by atoms with Crippen LogP contribution >= 0.6 is 0 Å². The average molecular weight is 527 g/mol. The van der Waals surface area contributed by atoms with Crippen LogP contribution in [0.4, 0.5) is 11.6 Å². The number of nitrogens with one attached hydrogen (secondary N) is 1. The number of sulfonamides is 1. The summed E-state index contributed by atoms with van der Waals surface area (Å²) in [6.45, 7) is 10.8. The number of nitrogens with two attached hydrogens (primary N) is 1. The lowest BCUT2D eigenvalue weighted by atomic mass is 9.97. The highest BCUT2D eigenvalue weighted by molar-refractivity contribution is 7.90. The number of nitrogens with zero attached hydrogens (tertiary/aromatic N) is 4. The van der Waals surface area contributed by atoms with Crippen molar-refractivity contribution >= 4 is 27.6 Å². The van der Waals surface area contributed by atoms with Crippen LogP contribution in [0.2, 0.25) is 0 Å². The molecule has 1 aliphatic rings. The molecule has 1 saturated heterocycles. The zero-order valence-corrected chi connectivity index (χ0v) is 22.4. The Morgan fingerprint density at radius 2 is 1.95 bits per heavy atom. The van der Waals surface area contributed by atoms with Crippen molar-refractivity contribution < 1.29 is 19.4 Å². The highest BCUT2D eigenvalue weighted by Gasteiger charge is 2.39. The Hall–Kier alpha value is -3.73. The third-order valence-corrected chi connectivity index (χ3v) is 7.32. The van der Waals surface area contributed by atoms with Crippen molar-refractivity contribution in [1.29, 1.82) is 0 Å². The smallest absolute Gasteiger partial charge is 0.281 e. The molecule has 0 radical (unpaired) electrons. The topological polar surface area (TPSA) is 140 Å². The maximum Gasteiger partial charge on any atom is 0.281 e. The molecule has 3 N–H and O–H groups in total. The van der Waals surface area contributed by atoms with Crippen molar-refractivity contribution in [3.63, 3.8) is 0 Å². The Morgan fingerprint density at radius 1 is 1.19 bits per heavy atom. The molecular formula is C26H34N6O4S. The van der Waals surface area contributed by atoms with E-state index in [1.165, 1.54) is 18.2 Å². The van der Waals surface area contributed by atoms with Gasteiger partial charge >= 0.3 is 0 Å². The van der Waals surface area contributed by atoms with Gasteiger partial charge < -0.3 is 15.4 Å². The number of anilines is 2. The first kappa shape index (κ1) is 26.3. The first-order valence-corrected chi connectivity index (χ1v) is 13.6. The Labute approximate surface area is 218 Å². The molecule has 1 atom stereocenters. The number of rotatable bonds is 7. The second kappa shape index (κ2) is 9.97. The summed E-state index contributed by atoms with van der Waals surface area (Å²) in [4.78, 5) is 28.4. The van der Waals surface area contributed by atoms with Crippen LogP contribution in [0.3, 0.4) is 0 Å². The summed E-state index contributed by atoms with van der Waals surface area (Å²) in [6.07, 6.45) is 2.56. The monoisotopic (exact) mass is 526 g/mol. The minimum absolute atomic E-state index is 0. The highest BCUT2D eigenvalue weighted by atomic mass is 32.2. The molecule has 1 fully saturated rings. The van der Waals surface area contributed by atoms with E-state index in [4.69, 9.17) is 15.5 Å². The van der Waals surface area contributed by atoms with Gasteiger partial charge in [-0.15, -0.1) is 0 Å². The third-order valence-electron chi connectivity index (χ3n) is 6.08. The second-order valence-corrected chi connectivity index (χ2v) is 11.8. The number of pyridine rings is 3. The average Bonchev–Trinajstić information content (AvgIpc) is 3.10. The molecule has 0 spiro atoms. The zero-order chi connectivity index (χ0) is 27.0. The zero-order valence-electron chi connectivity index (χ0n) is 21.6. The summed E-state index contributed by atoms with van der Waals surface area (Å²) in [5.41, 5.74) is 6.83. The molecule has 1 aliphatic heterocycles. The van der Waals surface area contributed by atoms with Crippen molar-refractivity contribution in [2.75, 3.05) is 17.2 Å². The molecule has 0 saturated carbocycles. The molecule has 4 rings (SSSR count). The minimum atomic E-state index is -4.25. The molecule has 0 bridgehead atoms. The molecule has 3 aromatic heterocycles. The van der Waals surface area contributed by atoms with Gasteiger partial charge in [0.15, 0.2) is 5.03 Å². The quantitative estimate of drug-likeness (QED) is 0.469. The molecule has 198 valence electrons. The van der Waals surface area contributed by atoms with Crippen LogP contribution in [-0.2, 0) is 10.0 Å². The lowest BCUT2D eigenvalue weighted by Crippen LogP contribution is -2.41. The van der Waals surface area contributed by atoms with Gasteiger partial charge in [0.05, 0.1) is 17.4 Å². The maximum atomic E-state index is 13.3. The van der Waals surface area contributed by atoms with Crippen LogP contribution in [0, 0.1) is 5.92 Å². The number of nitrogen functional groups attached to an aromatic ring is 1. The Morgan fingerprint density at radius 3 is 2.54 bits per heavy atom. The van der Waals surface area contributed by atoms with E-state index in [0.717, 1.165) is 12.0 Å². The predicted molar refractivity (Wildman–Crippen MR) is 144 cm³/mol. The fourth-order valence-electron chi connectivity index (χ4n) is 4.60. The molecule has 4 heterocycles. The number of carbonyl (C=O) groups is 1. The van der Waals surface area contributed by atoms with Gasteiger partial charge in [0.2, 0.25) is 5.88 Å². The van der Waals surface area contributed by atoms with E-state index in [1.54, 1.807) is 24.4 Å². The van der Waals surface area contributed by atoms with Gasteiger partial charge in [0.1, 0.15) is 11.6 Å². The summed E-state index contributed by atoms with van der Waals surface area (Å²) in [6, 6.07) is 11.1. The van der Waals surface area contributed by atoms with Gasteiger partial charge in [0, 0.05) is 31.3 Å². The summed E-state index contributed by atoms with van der Waals surface area (Å²) in [5, 5.41) is -0.336. The standard InChI is InChI=1S/C26H32N6O4S.H2/c1-16(2)36-22-12-9-18(14-28-22)20-11-10-19(24(29-20)32-15-17(3)13-26(32,4)5)25(33)31-37(34,35)23-8-6-7-21(27)30-23;/h6-12,14,16-17H,13,15H2,1-5H3,(H2,27,30)(H,31,33);1H. The minimum Gasteiger partial charge on any atom is -0.475 e. The van der Waals surface area contributed by atoms with Gasteiger partial charge in [0.25, 0.3) is 15.9 Å².